The van der Waals surface area contributed by atoms with E-state index in [1.807, 2.05) is 37.3 Å². The number of thiophene rings is 1. The van der Waals surface area contributed by atoms with Crippen molar-refractivity contribution in [3.8, 4) is 11.5 Å². The van der Waals surface area contributed by atoms with Crippen molar-refractivity contribution in [3.63, 3.8) is 0 Å². The molecule has 1 aliphatic carbocycles. The van der Waals surface area contributed by atoms with E-state index in [1.54, 1.807) is 11.3 Å². The molecule has 4 heteroatoms. The molecular weight excluding hydrogens is 330 g/mol. The second-order valence-electron chi connectivity index (χ2n) is 6.39. The molecule has 0 spiro atoms. The molecule has 0 fully saturated rings. The number of nitrogens with zero attached hydrogens (tertiary/aromatic N) is 1. The zero-order valence-electron chi connectivity index (χ0n) is 14.6. The predicted molar refractivity (Wildman–Crippen MR) is 102 cm³/mol. The molecule has 0 radical (unpaired) electrons. The average Bonchev–Trinajstić information content (AvgIpc) is 3.25. The Balaban J connectivity index is 1.87. The summed E-state index contributed by atoms with van der Waals surface area (Å²) in [4.78, 5) is 19.7. The Morgan fingerprint density at radius 2 is 1.84 bits per heavy atom. The fraction of sp³-hybridized carbons (Fsp3) is 0.238. The number of allylic oxidation sites excluding steroid dienone is 2. The van der Waals surface area contributed by atoms with Crippen LogP contribution in [0.3, 0.4) is 0 Å². The summed E-state index contributed by atoms with van der Waals surface area (Å²) in [6.07, 6.45) is 1.27. The molecule has 2 aromatic heterocycles. The second kappa shape index (κ2) is 6.12. The number of hydrogen-bond donors (Lipinski definition) is 0. The van der Waals surface area contributed by atoms with Gasteiger partial charge in [0.1, 0.15) is 11.5 Å². The van der Waals surface area contributed by atoms with Crippen LogP contribution in [0.4, 0.5) is 0 Å². The number of carbonyl (C=O) groups excluding carboxylic acids is 1. The summed E-state index contributed by atoms with van der Waals surface area (Å²) in [7, 11) is 0. The molecule has 126 valence electrons. The van der Waals surface area contributed by atoms with E-state index in [9.17, 15) is 4.79 Å². The number of ketones is 1. The molecule has 25 heavy (non-hydrogen) atoms. The number of aryl methyl sites for hydroxylation is 3. The van der Waals surface area contributed by atoms with E-state index < -0.39 is 0 Å². The Bertz CT molecular complexity index is 992. The summed E-state index contributed by atoms with van der Waals surface area (Å²) in [6, 6.07) is 12.0. The van der Waals surface area contributed by atoms with Gasteiger partial charge in [-0.15, -0.1) is 11.3 Å². The number of oxazole rings is 1. The van der Waals surface area contributed by atoms with Gasteiger partial charge in [-0.05, 0) is 56.5 Å². The molecule has 0 saturated heterocycles. The maximum absolute atomic E-state index is 12.6. The molecule has 0 saturated carbocycles. The smallest absolute Gasteiger partial charge is 0.226 e. The number of carbonyl (C=O) groups is 1. The molecule has 0 unspecified atom stereocenters. The highest BCUT2D eigenvalue weighted by Crippen LogP contribution is 2.41. The van der Waals surface area contributed by atoms with Gasteiger partial charge in [0.2, 0.25) is 5.89 Å². The Morgan fingerprint density at radius 1 is 1.08 bits per heavy atom. The van der Waals surface area contributed by atoms with Crippen molar-refractivity contribution in [1.29, 1.82) is 0 Å². The van der Waals surface area contributed by atoms with Crippen LogP contribution < -0.4 is 0 Å². The summed E-state index contributed by atoms with van der Waals surface area (Å²) >= 11 is 1.73. The number of Topliss-reactive ketones (excluding diaryl/α,β-unsaturated/α-hetero) is 1. The zero-order valence-corrected chi connectivity index (χ0v) is 15.4. The van der Waals surface area contributed by atoms with Crippen molar-refractivity contribution in [1.82, 2.24) is 4.98 Å². The molecule has 0 atom stereocenters. The van der Waals surface area contributed by atoms with Crippen LogP contribution in [0.2, 0.25) is 0 Å². The van der Waals surface area contributed by atoms with Crippen LogP contribution in [-0.4, -0.2) is 10.8 Å². The largest absolute Gasteiger partial charge is 0.441 e. The van der Waals surface area contributed by atoms with E-state index in [0.29, 0.717) is 12.3 Å². The van der Waals surface area contributed by atoms with E-state index in [4.69, 9.17) is 9.40 Å². The van der Waals surface area contributed by atoms with Gasteiger partial charge in [-0.25, -0.2) is 4.98 Å². The third kappa shape index (κ3) is 2.76. The predicted octanol–water partition coefficient (Wildman–Crippen LogP) is 5.60. The van der Waals surface area contributed by atoms with Crippen LogP contribution >= 0.6 is 11.3 Å². The van der Waals surface area contributed by atoms with Gasteiger partial charge < -0.3 is 4.42 Å². The monoisotopic (exact) mass is 349 g/mol. The van der Waals surface area contributed by atoms with Crippen molar-refractivity contribution < 1.29 is 9.21 Å². The van der Waals surface area contributed by atoms with Crippen molar-refractivity contribution in [2.75, 3.05) is 0 Å². The normalized spacial score (nSPS) is 14.6. The highest BCUT2D eigenvalue weighted by Gasteiger charge is 2.30. The van der Waals surface area contributed by atoms with Gasteiger partial charge in [0.15, 0.2) is 5.78 Å². The maximum atomic E-state index is 12.6. The van der Waals surface area contributed by atoms with E-state index in [0.717, 1.165) is 40.1 Å². The Morgan fingerprint density at radius 3 is 2.52 bits per heavy atom. The molecule has 0 aliphatic heterocycles. The van der Waals surface area contributed by atoms with Crippen molar-refractivity contribution in [3.05, 3.63) is 63.2 Å². The molecule has 0 bridgehead atoms. The van der Waals surface area contributed by atoms with Crippen molar-refractivity contribution >= 4 is 28.3 Å². The summed E-state index contributed by atoms with van der Waals surface area (Å²) < 4.78 is 5.91. The summed E-state index contributed by atoms with van der Waals surface area (Å²) in [5, 5.41) is 0. The molecule has 0 N–H and O–H groups in total. The number of hydrogen-bond acceptors (Lipinski definition) is 4. The molecular formula is C21H19NO2S. The fourth-order valence-corrected chi connectivity index (χ4v) is 4.40. The lowest BCUT2D eigenvalue weighted by molar-refractivity contribution is -0.113. The van der Waals surface area contributed by atoms with Gasteiger partial charge in [0, 0.05) is 27.3 Å². The topological polar surface area (TPSA) is 43.1 Å². The standard InChI is InChI=1S/C21H19NO2S/c1-12-11-17(14(3)25-12)19-16(9-10-18(19)23)20-13(2)24-21(22-20)15-7-5-4-6-8-15/h4-8,11H,9-10H2,1-3H3. The number of benzene rings is 1. The minimum absolute atomic E-state index is 0.208. The van der Waals surface area contributed by atoms with Gasteiger partial charge in [-0.3, -0.25) is 4.79 Å². The molecule has 1 aliphatic rings. The van der Waals surface area contributed by atoms with E-state index in [-0.39, 0.29) is 5.78 Å². The summed E-state index contributed by atoms with van der Waals surface area (Å²) in [6.45, 7) is 6.08. The molecule has 3 nitrogen and oxygen atoms in total. The first kappa shape index (κ1) is 16.0. The Kier molecular flexibility index (Phi) is 3.92. The molecule has 4 rings (SSSR count). The first-order valence-corrected chi connectivity index (χ1v) is 9.23. The minimum Gasteiger partial charge on any atom is -0.441 e. The number of aromatic nitrogens is 1. The second-order valence-corrected chi connectivity index (χ2v) is 7.85. The fourth-order valence-electron chi connectivity index (χ4n) is 3.47. The molecule has 2 heterocycles. The zero-order chi connectivity index (χ0) is 17.6. The first-order chi connectivity index (χ1) is 12.0. The number of rotatable bonds is 3. The van der Waals surface area contributed by atoms with E-state index >= 15 is 0 Å². The maximum Gasteiger partial charge on any atom is 0.226 e. The minimum atomic E-state index is 0.208. The Labute approximate surface area is 151 Å². The van der Waals surface area contributed by atoms with Crippen LogP contribution in [0.25, 0.3) is 22.6 Å². The first-order valence-electron chi connectivity index (χ1n) is 8.41. The van der Waals surface area contributed by atoms with Crippen LogP contribution in [0.5, 0.6) is 0 Å². The van der Waals surface area contributed by atoms with Gasteiger partial charge in [-0.1, -0.05) is 18.2 Å². The van der Waals surface area contributed by atoms with Crippen LogP contribution in [0, 0.1) is 20.8 Å². The molecule has 0 amide bonds. The summed E-state index contributed by atoms with van der Waals surface area (Å²) in [5.41, 5.74) is 4.68. The molecule has 1 aromatic carbocycles. The van der Waals surface area contributed by atoms with Gasteiger partial charge >= 0.3 is 0 Å². The van der Waals surface area contributed by atoms with Crippen molar-refractivity contribution in [2.45, 2.75) is 33.6 Å². The quantitative estimate of drug-likeness (QED) is 0.618. The van der Waals surface area contributed by atoms with Gasteiger partial charge in [-0.2, -0.15) is 0 Å². The SMILES string of the molecule is Cc1cc(C2=C(c3nc(-c4ccccc4)oc3C)CCC2=O)c(C)s1. The average molecular weight is 349 g/mol. The van der Waals surface area contributed by atoms with E-state index in [2.05, 4.69) is 19.9 Å². The molecule has 3 aromatic rings. The summed E-state index contributed by atoms with van der Waals surface area (Å²) in [5.74, 6) is 1.59. The highest BCUT2D eigenvalue weighted by atomic mass is 32.1. The third-order valence-corrected chi connectivity index (χ3v) is 5.56. The lowest BCUT2D eigenvalue weighted by Crippen LogP contribution is -1.96. The van der Waals surface area contributed by atoms with Crippen LogP contribution in [-0.2, 0) is 4.79 Å². The van der Waals surface area contributed by atoms with Crippen molar-refractivity contribution in [2.24, 2.45) is 0 Å². The lowest BCUT2D eigenvalue weighted by Gasteiger charge is -2.04. The highest BCUT2D eigenvalue weighted by molar-refractivity contribution is 7.12. The lowest BCUT2D eigenvalue weighted by atomic mass is 9.99. The van der Waals surface area contributed by atoms with Crippen LogP contribution in [0.15, 0.2) is 40.8 Å². The Hall–Kier alpha value is -2.46. The van der Waals surface area contributed by atoms with Gasteiger partial charge in [0.05, 0.1) is 0 Å². The van der Waals surface area contributed by atoms with Crippen LogP contribution in [0.1, 0.15) is 39.6 Å². The van der Waals surface area contributed by atoms with Gasteiger partial charge in [0.25, 0.3) is 0 Å². The van der Waals surface area contributed by atoms with E-state index in [1.165, 1.54) is 9.75 Å². The third-order valence-electron chi connectivity index (χ3n) is 4.60.